The molecular weight excluding hydrogens is 276 g/mol. The number of halogens is 3. The lowest BCUT2D eigenvalue weighted by molar-refractivity contribution is -0.123. The van der Waals surface area contributed by atoms with Crippen LogP contribution in [-0.4, -0.2) is 26.2 Å². The SMILES string of the molecule is COCC1CNC(=O)C1Cc1cc(F)c(Cl)c(F)c1. The molecule has 0 aromatic heterocycles. The van der Waals surface area contributed by atoms with Gasteiger partial charge in [-0.05, 0) is 24.1 Å². The lowest BCUT2D eigenvalue weighted by atomic mass is 9.89. The average molecular weight is 290 g/mol. The molecule has 2 rings (SSSR count). The third kappa shape index (κ3) is 3.04. The highest BCUT2D eigenvalue weighted by Crippen LogP contribution is 2.26. The molecule has 1 aliphatic heterocycles. The molecule has 19 heavy (non-hydrogen) atoms. The van der Waals surface area contributed by atoms with Gasteiger partial charge in [-0.3, -0.25) is 4.79 Å². The Balaban J connectivity index is 2.17. The van der Waals surface area contributed by atoms with E-state index in [9.17, 15) is 13.6 Å². The van der Waals surface area contributed by atoms with Crippen molar-refractivity contribution in [3.63, 3.8) is 0 Å². The summed E-state index contributed by atoms with van der Waals surface area (Å²) in [5.74, 6) is -2.05. The van der Waals surface area contributed by atoms with Gasteiger partial charge < -0.3 is 10.1 Å². The summed E-state index contributed by atoms with van der Waals surface area (Å²) >= 11 is 5.42. The van der Waals surface area contributed by atoms with E-state index in [0.29, 0.717) is 18.7 Å². The van der Waals surface area contributed by atoms with Gasteiger partial charge >= 0.3 is 0 Å². The number of amides is 1. The molecule has 1 aromatic carbocycles. The molecule has 1 fully saturated rings. The fourth-order valence-electron chi connectivity index (χ4n) is 2.35. The summed E-state index contributed by atoms with van der Waals surface area (Å²) in [5.41, 5.74) is 0.419. The van der Waals surface area contributed by atoms with Gasteiger partial charge in [0.1, 0.15) is 16.7 Å². The summed E-state index contributed by atoms with van der Waals surface area (Å²) in [5, 5.41) is 2.21. The van der Waals surface area contributed by atoms with Gasteiger partial charge in [0.25, 0.3) is 0 Å². The molecule has 104 valence electrons. The van der Waals surface area contributed by atoms with Crippen LogP contribution in [0.3, 0.4) is 0 Å². The van der Waals surface area contributed by atoms with Crippen LogP contribution < -0.4 is 5.32 Å². The van der Waals surface area contributed by atoms with Crippen molar-refractivity contribution >= 4 is 17.5 Å². The maximum atomic E-state index is 13.4. The Morgan fingerprint density at radius 3 is 2.63 bits per heavy atom. The van der Waals surface area contributed by atoms with E-state index in [0.717, 1.165) is 0 Å². The number of hydrogen-bond acceptors (Lipinski definition) is 2. The molecule has 1 aliphatic rings. The molecule has 1 saturated heterocycles. The fraction of sp³-hybridized carbons (Fsp3) is 0.462. The molecule has 1 amide bonds. The number of methoxy groups -OCH3 is 1. The Morgan fingerprint density at radius 2 is 2.05 bits per heavy atom. The van der Waals surface area contributed by atoms with Crippen LogP contribution in [0.2, 0.25) is 5.02 Å². The van der Waals surface area contributed by atoms with Crippen molar-refractivity contribution in [1.29, 1.82) is 0 Å². The van der Waals surface area contributed by atoms with Crippen LogP contribution in [0.5, 0.6) is 0 Å². The summed E-state index contributed by atoms with van der Waals surface area (Å²) in [6, 6.07) is 2.34. The van der Waals surface area contributed by atoms with Gasteiger partial charge in [-0.2, -0.15) is 0 Å². The number of hydrogen-bond donors (Lipinski definition) is 1. The van der Waals surface area contributed by atoms with Crippen LogP contribution in [0.4, 0.5) is 8.78 Å². The number of rotatable bonds is 4. The average Bonchev–Trinajstić information content (AvgIpc) is 2.69. The molecule has 0 aliphatic carbocycles. The first kappa shape index (κ1) is 14.2. The fourth-order valence-corrected chi connectivity index (χ4v) is 2.46. The van der Waals surface area contributed by atoms with Gasteiger partial charge in [0, 0.05) is 25.5 Å². The number of ether oxygens (including phenoxy) is 1. The monoisotopic (exact) mass is 289 g/mol. The van der Waals surface area contributed by atoms with Crippen LogP contribution in [0, 0.1) is 23.5 Å². The van der Waals surface area contributed by atoms with Gasteiger partial charge in [-0.1, -0.05) is 11.6 Å². The zero-order chi connectivity index (χ0) is 14.0. The molecule has 3 nitrogen and oxygen atoms in total. The predicted octanol–water partition coefficient (Wildman–Crippen LogP) is 2.17. The van der Waals surface area contributed by atoms with Crippen LogP contribution >= 0.6 is 11.6 Å². The molecule has 2 unspecified atom stereocenters. The van der Waals surface area contributed by atoms with Crippen molar-refractivity contribution in [2.24, 2.45) is 11.8 Å². The number of carbonyl (C=O) groups excluding carboxylic acids is 1. The molecular formula is C13H14ClF2NO2. The summed E-state index contributed by atoms with van der Waals surface area (Å²) in [4.78, 5) is 11.7. The largest absolute Gasteiger partial charge is 0.384 e. The first-order chi connectivity index (χ1) is 9.02. The minimum absolute atomic E-state index is 0.0132. The van der Waals surface area contributed by atoms with E-state index >= 15 is 0 Å². The Labute approximate surface area is 114 Å². The van der Waals surface area contributed by atoms with Crippen LogP contribution in [0.25, 0.3) is 0 Å². The highest BCUT2D eigenvalue weighted by atomic mass is 35.5. The van der Waals surface area contributed by atoms with Crippen molar-refractivity contribution in [1.82, 2.24) is 5.32 Å². The van der Waals surface area contributed by atoms with E-state index in [1.807, 2.05) is 0 Å². The van der Waals surface area contributed by atoms with Gasteiger partial charge in [0.15, 0.2) is 0 Å². The summed E-state index contributed by atoms with van der Waals surface area (Å²) < 4.78 is 31.8. The Bertz CT molecular complexity index is 473. The molecule has 6 heteroatoms. The second-order valence-electron chi connectivity index (χ2n) is 4.64. The summed E-state index contributed by atoms with van der Waals surface area (Å²) in [6.45, 7) is 0.956. The standard InChI is InChI=1S/C13H14ClF2NO2/c1-19-6-8-5-17-13(18)9(8)2-7-3-10(15)12(14)11(16)4-7/h3-4,8-9H,2,5-6H2,1H3,(H,17,18). The second kappa shape index (κ2) is 5.84. The van der Waals surface area contributed by atoms with Gasteiger partial charge in [-0.25, -0.2) is 8.78 Å². The molecule has 1 aromatic rings. The molecule has 0 spiro atoms. The predicted molar refractivity (Wildman–Crippen MR) is 66.9 cm³/mol. The normalized spacial score (nSPS) is 22.6. The van der Waals surface area contributed by atoms with Gasteiger partial charge in [0.2, 0.25) is 5.91 Å². The van der Waals surface area contributed by atoms with E-state index in [2.05, 4.69) is 5.32 Å². The van der Waals surface area contributed by atoms with E-state index in [-0.39, 0.29) is 24.2 Å². The third-order valence-electron chi connectivity index (χ3n) is 3.32. The molecule has 1 heterocycles. The van der Waals surface area contributed by atoms with E-state index in [1.54, 1.807) is 7.11 Å². The van der Waals surface area contributed by atoms with Crippen molar-refractivity contribution in [2.75, 3.05) is 20.3 Å². The molecule has 0 saturated carbocycles. The molecule has 0 radical (unpaired) electrons. The highest BCUT2D eigenvalue weighted by Gasteiger charge is 2.34. The third-order valence-corrected chi connectivity index (χ3v) is 3.69. The Kier molecular flexibility index (Phi) is 4.37. The van der Waals surface area contributed by atoms with Crippen molar-refractivity contribution < 1.29 is 18.3 Å². The van der Waals surface area contributed by atoms with Crippen LogP contribution in [0.1, 0.15) is 5.56 Å². The zero-order valence-corrected chi connectivity index (χ0v) is 11.1. The first-order valence-electron chi connectivity index (χ1n) is 5.93. The quantitative estimate of drug-likeness (QED) is 0.863. The van der Waals surface area contributed by atoms with Gasteiger partial charge in [0.05, 0.1) is 6.61 Å². The van der Waals surface area contributed by atoms with Crippen LogP contribution in [-0.2, 0) is 16.0 Å². The second-order valence-corrected chi connectivity index (χ2v) is 5.02. The topological polar surface area (TPSA) is 38.3 Å². The van der Waals surface area contributed by atoms with E-state index < -0.39 is 16.7 Å². The lowest BCUT2D eigenvalue weighted by Crippen LogP contribution is -2.23. The molecule has 2 atom stereocenters. The maximum absolute atomic E-state index is 13.4. The first-order valence-corrected chi connectivity index (χ1v) is 6.30. The highest BCUT2D eigenvalue weighted by molar-refractivity contribution is 6.30. The molecule has 0 bridgehead atoms. The van der Waals surface area contributed by atoms with Gasteiger partial charge in [-0.15, -0.1) is 0 Å². The number of carbonyl (C=O) groups is 1. The van der Waals surface area contributed by atoms with Crippen molar-refractivity contribution in [3.05, 3.63) is 34.4 Å². The summed E-state index contributed by atoms with van der Waals surface area (Å²) in [6.07, 6.45) is 0.269. The maximum Gasteiger partial charge on any atom is 0.223 e. The lowest BCUT2D eigenvalue weighted by Gasteiger charge is -2.16. The van der Waals surface area contributed by atoms with E-state index in [1.165, 1.54) is 12.1 Å². The van der Waals surface area contributed by atoms with Crippen LogP contribution in [0.15, 0.2) is 12.1 Å². The number of nitrogens with one attached hydrogen (secondary N) is 1. The Morgan fingerprint density at radius 1 is 1.42 bits per heavy atom. The number of benzene rings is 1. The minimum atomic E-state index is -0.807. The molecule has 1 N–H and O–H groups in total. The minimum Gasteiger partial charge on any atom is -0.384 e. The van der Waals surface area contributed by atoms with Crippen molar-refractivity contribution in [2.45, 2.75) is 6.42 Å². The Hall–Kier alpha value is -1.20. The summed E-state index contributed by atoms with van der Waals surface area (Å²) in [7, 11) is 1.56. The van der Waals surface area contributed by atoms with E-state index in [4.69, 9.17) is 16.3 Å². The van der Waals surface area contributed by atoms with Crippen molar-refractivity contribution in [3.8, 4) is 0 Å². The zero-order valence-electron chi connectivity index (χ0n) is 10.4. The smallest absolute Gasteiger partial charge is 0.223 e.